The van der Waals surface area contributed by atoms with Gasteiger partial charge in [-0.3, -0.25) is 19.2 Å². The number of halogens is 1. The molecule has 0 fully saturated rings. The van der Waals surface area contributed by atoms with Gasteiger partial charge in [0.1, 0.15) is 18.2 Å². The van der Waals surface area contributed by atoms with E-state index in [1.807, 2.05) is 6.07 Å². The van der Waals surface area contributed by atoms with Gasteiger partial charge in [-0.05, 0) is 25.5 Å². The Morgan fingerprint density at radius 3 is 2.48 bits per heavy atom. The maximum atomic E-state index is 14.6. The van der Waals surface area contributed by atoms with Crippen LogP contribution in [0, 0.1) is 23.1 Å². The molecule has 0 aliphatic carbocycles. The Bertz CT molecular complexity index is 955. The third-order valence-corrected chi connectivity index (χ3v) is 5.41. The molecule has 0 spiro atoms. The fourth-order valence-corrected chi connectivity index (χ4v) is 3.97. The zero-order chi connectivity index (χ0) is 23.0. The number of carbonyl (C=O) groups excluding carboxylic acids is 4. The van der Waals surface area contributed by atoms with Crippen molar-refractivity contribution in [3.05, 3.63) is 46.2 Å². The second-order valence-corrected chi connectivity index (χ2v) is 7.37. The summed E-state index contributed by atoms with van der Waals surface area (Å²) in [6.07, 6.45) is -0.452. The number of allylic oxidation sites excluding steroid dienone is 1. The number of rotatable bonds is 9. The smallest absolute Gasteiger partial charge is 0.319 e. The van der Waals surface area contributed by atoms with E-state index in [0.717, 1.165) is 17.8 Å². The molecular weight excluding hydrogens is 427 g/mol. The highest BCUT2D eigenvalue weighted by molar-refractivity contribution is 8.03. The number of carbonyl (C=O) groups is 4. The van der Waals surface area contributed by atoms with E-state index in [-0.39, 0.29) is 35.1 Å². The molecule has 0 bridgehead atoms. The molecule has 1 aromatic carbocycles. The molecule has 2 atom stereocenters. The van der Waals surface area contributed by atoms with E-state index in [9.17, 15) is 28.8 Å². The molecule has 0 saturated heterocycles. The molecule has 1 aromatic rings. The van der Waals surface area contributed by atoms with Gasteiger partial charge in [0.25, 0.3) is 0 Å². The van der Waals surface area contributed by atoms with Crippen molar-refractivity contribution in [1.82, 2.24) is 5.32 Å². The molecule has 8 nitrogen and oxygen atoms in total. The van der Waals surface area contributed by atoms with Gasteiger partial charge in [-0.15, -0.1) is 0 Å². The van der Waals surface area contributed by atoms with Gasteiger partial charge in [0.2, 0.25) is 5.91 Å². The summed E-state index contributed by atoms with van der Waals surface area (Å²) >= 11 is 0.827. The SMILES string of the molecule is CCOC(=O)CC(=O)CSC1=C(C#N)C(c2ccccc2F)C(C(=O)OCC)C(=O)N1. The molecule has 1 aliphatic rings. The zero-order valence-corrected chi connectivity index (χ0v) is 17.8. The average Bonchev–Trinajstić information content (AvgIpc) is 2.72. The molecule has 2 rings (SSSR count). The van der Waals surface area contributed by atoms with E-state index in [0.29, 0.717) is 0 Å². The Balaban J connectivity index is 2.40. The standard InChI is InChI=1S/C21H21FN2O6S/c1-3-29-16(26)9-12(25)11-31-20-14(10-23)17(13-7-5-6-8-15(13)22)18(19(27)24-20)21(28)30-4-2/h5-8,17-18H,3-4,9,11H2,1-2H3,(H,24,27). The van der Waals surface area contributed by atoms with Crippen LogP contribution in [0.25, 0.3) is 0 Å². The van der Waals surface area contributed by atoms with Crippen molar-refractivity contribution in [2.45, 2.75) is 26.2 Å². The summed E-state index contributed by atoms with van der Waals surface area (Å²) in [6, 6.07) is 7.45. The first-order valence-electron chi connectivity index (χ1n) is 9.50. The van der Waals surface area contributed by atoms with Crippen LogP contribution in [0.15, 0.2) is 34.9 Å². The van der Waals surface area contributed by atoms with E-state index < -0.39 is 47.7 Å². The quantitative estimate of drug-likeness (QED) is 0.451. The predicted octanol–water partition coefficient (Wildman–Crippen LogP) is 2.21. The number of nitrogens with zero attached hydrogens (tertiary/aromatic N) is 1. The number of benzene rings is 1. The number of thioether (sulfide) groups is 1. The van der Waals surface area contributed by atoms with Crippen LogP contribution in [-0.2, 0) is 28.7 Å². The minimum Gasteiger partial charge on any atom is -0.466 e. The first kappa shape index (κ1) is 24.1. The summed E-state index contributed by atoms with van der Waals surface area (Å²) < 4.78 is 24.3. The van der Waals surface area contributed by atoms with Gasteiger partial charge in [0.15, 0.2) is 5.78 Å². The highest BCUT2D eigenvalue weighted by Crippen LogP contribution is 2.41. The first-order valence-corrected chi connectivity index (χ1v) is 10.5. The summed E-state index contributed by atoms with van der Waals surface area (Å²) in [4.78, 5) is 48.7. The first-order chi connectivity index (χ1) is 14.8. The van der Waals surface area contributed by atoms with Crippen molar-refractivity contribution in [3.63, 3.8) is 0 Å². The number of hydrogen-bond acceptors (Lipinski definition) is 8. The Kier molecular flexibility index (Phi) is 8.75. The minimum absolute atomic E-state index is 0.00216. The number of esters is 2. The Labute approximate surface area is 182 Å². The number of nitriles is 1. The molecule has 0 saturated carbocycles. The van der Waals surface area contributed by atoms with Crippen LogP contribution in [0.1, 0.15) is 31.7 Å². The molecular formula is C21H21FN2O6S. The number of amides is 1. The molecule has 1 amide bonds. The van der Waals surface area contributed by atoms with Crippen LogP contribution in [-0.4, -0.2) is 42.6 Å². The molecule has 2 unspecified atom stereocenters. The number of hydrogen-bond donors (Lipinski definition) is 1. The van der Waals surface area contributed by atoms with Crippen LogP contribution < -0.4 is 5.32 Å². The molecule has 0 radical (unpaired) electrons. The Morgan fingerprint density at radius 2 is 1.87 bits per heavy atom. The fraction of sp³-hybridized carbons (Fsp3) is 0.381. The average molecular weight is 448 g/mol. The summed E-state index contributed by atoms with van der Waals surface area (Å²) in [5.74, 6) is -6.42. The van der Waals surface area contributed by atoms with Gasteiger partial charge >= 0.3 is 11.9 Å². The maximum absolute atomic E-state index is 14.6. The van der Waals surface area contributed by atoms with Gasteiger partial charge in [0, 0.05) is 5.92 Å². The molecule has 0 aromatic heterocycles. The largest absolute Gasteiger partial charge is 0.466 e. The topological polar surface area (TPSA) is 123 Å². The maximum Gasteiger partial charge on any atom is 0.319 e. The lowest BCUT2D eigenvalue weighted by Gasteiger charge is -2.31. The molecule has 31 heavy (non-hydrogen) atoms. The molecule has 10 heteroatoms. The van der Waals surface area contributed by atoms with E-state index in [1.165, 1.54) is 18.2 Å². The van der Waals surface area contributed by atoms with Crippen molar-refractivity contribution < 1.29 is 33.0 Å². The summed E-state index contributed by atoms with van der Waals surface area (Å²) in [6.45, 7) is 3.32. The second kappa shape index (κ2) is 11.3. The van der Waals surface area contributed by atoms with Gasteiger partial charge in [-0.25, -0.2) is 4.39 Å². The predicted molar refractivity (Wildman–Crippen MR) is 109 cm³/mol. The third-order valence-electron chi connectivity index (χ3n) is 4.33. The van der Waals surface area contributed by atoms with Crippen LogP contribution in [0.5, 0.6) is 0 Å². The Morgan fingerprint density at radius 1 is 1.19 bits per heavy atom. The molecule has 1 aliphatic heterocycles. The highest BCUT2D eigenvalue weighted by Gasteiger charge is 2.45. The lowest BCUT2D eigenvalue weighted by molar-refractivity contribution is -0.153. The lowest BCUT2D eigenvalue weighted by atomic mass is 9.78. The van der Waals surface area contributed by atoms with Gasteiger partial charge in [-0.1, -0.05) is 30.0 Å². The van der Waals surface area contributed by atoms with Crippen LogP contribution >= 0.6 is 11.8 Å². The number of ketones is 1. The van der Waals surface area contributed by atoms with Crippen molar-refractivity contribution in [2.24, 2.45) is 5.92 Å². The van der Waals surface area contributed by atoms with Gasteiger partial charge in [0.05, 0.1) is 35.6 Å². The molecule has 164 valence electrons. The summed E-state index contributed by atoms with van der Waals surface area (Å²) in [7, 11) is 0. The number of ether oxygens (including phenoxy) is 2. The minimum atomic E-state index is -1.47. The summed E-state index contributed by atoms with van der Waals surface area (Å²) in [5.41, 5.74) is -0.0837. The van der Waals surface area contributed by atoms with Gasteiger partial charge < -0.3 is 14.8 Å². The molecule has 1 heterocycles. The van der Waals surface area contributed by atoms with Gasteiger partial charge in [-0.2, -0.15) is 5.26 Å². The van der Waals surface area contributed by atoms with Crippen LogP contribution in [0.4, 0.5) is 4.39 Å². The van der Waals surface area contributed by atoms with Crippen LogP contribution in [0.2, 0.25) is 0 Å². The van der Waals surface area contributed by atoms with Crippen molar-refractivity contribution in [3.8, 4) is 6.07 Å². The fourth-order valence-electron chi connectivity index (χ4n) is 3.06. The second-order valence-electron chi connectivity index (χ2n) is 6.38. The highest BCUT2D eigenvalue weighted by atomic mass is 32.2. The molecule has 1 N–H and O–H groups in total. The normalized spacial score (nSPS) is 18.1. The van der Waals surface area contributed by atoms with Crippen LogP contribution in [0.3, 0.4) is 0 Å². The third kappa shape index (κ3) is 5.92. The van der Waals surface area contributed by atoms with Crippen molar-refractivity contribution >= 4 is 35.4 Å². The monoisotopic (exact) mass is 448 g/mol. The summed E-state index contributed by atoms with van der Waals surface area (Å²) in [5, 5.41) is 12.3. The van der Waals surface area contributed by atoms with E-state index in [2.05, 4.69) is 5.32 Å². The van der Waals surface area contributed by atoms with Crippen molar-refractivity contribution in [2.75, 3.05) is 19.0 Å². The van der Waals surface area contributed by atoms with E-state index in [4.69, 9.17) is 9.47 Å². The van der Waals surface area contributed by atoms with E-state index in [1.54, 1.807) is 13.8 Å². The van der Waals surface area contributed by atoms with E-state index >= 15 is 0 Å². The number of Topliss-reactive ketones (excluding diaryl/α,β-unsaturated/α-hetero) is 1. The number of nitrogens with one attached hydrogen (secondary N) is 1. The zero-order valence-electron chi connectivity index (χ0n) is 17.0. The Hall–Kier alpha value is -3.19. The lowest BCUT2D eigenvalue weighted by Crippen LogP contribution is -2.44. The van der Waals surface area contributed by atoms with Crippen molar-refractivity contribution in [1.29, 1.82) is 5.26 Å².